The zero-order chi connectivity index (χ0) is 13.0. The smallest absolute Gasteiger partial charge is 0.251 e. The van der Waals surface area contributed by atoms with Crippen molar-refractivity contribution in [3.8, 4) is 11.5 Å². The van der Waals surface area contributed by atoms with Crippen LogP contribution in [0, 0.1) is 5.92 Å². The van der Waals surface area contributed by atoms with Gasteiger partial charge in [-0.05, 0) is 18.1 Å². The first kappa shape index (κ1) is 13.3. The van der Waals surface area contributed by atoms with Gasteiger partial charge in [-0.15, -0.1) is 0 Å². The third-order valence-electron chi connectivity index (χ3n) is 2.52. The summed E-state index contributed by atoms with van der Waals surface area (Å²) in [5.74, 6) is -0.396. The molecule has 0 saturated carbocycles. The Labute approximate surface area is 100 Å². The van der Waals surface area contributed by atoms with Crippen LogP contribution in [0.3, 0.4) is 0 Å². The van der Waals surface area contributed by atoms with Gasteiger partial charge in [0.05, 0.1) is 0 Å². The van der Waals surface area contributed by atoms with Crippen LogP contribution in [-0.4, -0.2) is 28.7 Å². The normalized spacial score (nSPS) is 12.5. The fraction of sp³-hybridized carbons (Fsp3) is 0.417. The molecule has 17 heavy (non-hydrogen) atoms. The van der Waals surface area contributed by atoms with E-state index < -0.39 is 0 Å². The fourth-order valence-electron chi connectivity index (χ4n) is 1.27. The van der Waals surface area contributed by atoms with Gasteiger partial charge < -0.3 is 21.3 Å². The lowest BCUT2D eigenvalue weighted by molar-refractivity contribution is 0.0948. The predicted molar refractivity (Wildman–Crippen MR) is 64.9 cm³/mol. The monoisotopic (exact) mass is 238 g/mol. The number of nitrogens with one attached hydrogen (secondary N) is 1. The number of carbonyl (C=O) groups is 1. The fourth-order valence-corrected chi connectivity index (χ4v) is 1.27. The molecular weight excluding hydrogens is 220 g/mol. The Kier molecular flexibility index (Phi) is 4.34. The summed E-state index contributed by atoms with van der Waals surface area (Å²) in [6, 6.07) is 3.62. The van der Waals surface area contributed by atoms with Crippen molar-refractivity contribution in [2.75, 3.05) is 6.54 Å². The van der Waals surface area contributed by atoms with Gasteiger partial charge in [-0.3, -0.25) is 4.79 Å². The van der Waals surface area contributed by atoms with Crippen molar-refractivity contribution < 1.29 is 15.0 Å². The van der Waals surface area contributed by atoms with Crippen LogP contribution in [0.5, 0.6) is 11.5 Å². The molecule has 5 heteroatoms. The number of nitrogens with two attached hydrogens (primary N) is 1. The first-order valence-electron chi connectivity index (χ1n) is 5.47. The number of amides is 1. The average Bonchev–Trinajstić information content (AvgIpc) is 2.23. The minimum atomic E-state index is -0.368. The number of hydrogen-bond acceptors (Lipinski definition) is 4. The van der Waals surface area contributed by atoms with E-state index in [-0.39, 0.29) is 34.9 Å². The standard InChI is InChI=1S/C12H18N2O3/c1-7(2)11(13)6-14-12(17)8-3-9(15)5-10(16)4-8/h3-5,7,11,15-16H,6,13H2,1-2H3,(H,14,17). The molecule has 0 aliphatic rings. The zero-order valence-corrected chi connectivity index (χ0v) is 9.97. The topological polar surface area (TPSA) is 95.6 Å². The molecule has 1 atom stereocenters. The molecule has 1 amide bonds. The van der Waals surface area contributed by atoms with Gasteiger partial charge in [-0.1, -0.05) is 13.8 Å². The maximum absolute atomic E-state index is 11.7. The SMILES string of the molecule is CC(C)C(N)CNC(=O)c1cc(O)cc(O)c1. The Morgan fingerprint density at radius 1 is 1.29 bits per heavy atom. The molecule has 5 nitrogen and oxygen atoms in total. The Balaban J connectivity index is 2.64. The van der Waals surface area contributed by atoms with Gasteiger partial charge in [0, 0.05) is 24.2 Å². The summed E-state index contributed by atoms with van der Waals surface area (Å²) in [6.07, 6.45) is 0. The minimum Gasteiger partial charge on any atom is -0.508 e. The number of phenols is 2. The van der Waals surface area contributed by atoms with Gasteiger partial charge in [0.25, 0.3) is 5.91 Å². The van der Waals surface area contributed by atoms with Crippen molar-refractivity contribution >= 4 is 5.91 Å². The van der Waals surface area contributed by atoms with Crippen LogP contribution in [0.15, 0.2) is 18.2 Å². The van der Waals surface area contributed by atoms with E-state index in [4.69, 9.17) is 5.73 Å². The third kappa shape index (κ3) is 3.96. The van der Waals surface area contributed by atoms with E-state index in [9.17, 15) is 15.0 Å². The molecule has 0 fully saturated rings. The molecule has 0 bridgehead atoms. The summed E-state index contributed by atoms with van der Waals surface area (Å²) < 4.78 is 0. The maximum Gasteiger partial charge on any atom is 0.251 e. The highest BCUT2D eigenvalue weighted by Gasteiger charge is 2.12. The lowest BCUT2D eigenvalue weighted by atomic mass is 10.1. The van der Waals surface area contributed by atoms with Gasteiger partial charge in [-0.2, -0.15) is 0 Å². The lowest BCUT2D eigenvalue weighted by Crippen LogP contribution is -2.40. The Morgan fingerprint density at radius 2 is 1.82 bits per heavy atom. The molecule has 5 N–H and O–H groups in total. The van der Waals surface area contributed by atoms with Gasteiger partial charge in [0.1, 0.15) is 11.5 Å². The first-order chi connectivity index (χ1) is 7.90. The molecular formula is C12H18N2O3. The molecule has 0 aliphatic heterocycles. The molecule has 1 aromatic rings. The summed E-state index contributed by atoms with van der Waals surface area (Å²) >= 11 is 0. The molecule has 0 radical (unpaired) electrons. The summed E-state index contributed by atoms with van der Waals surface area (Å²) in [4.78, 5) is 11.7. The van der Waals surface area contributed by atoms with E-state index in [1.54, 1.807) is 0 Å². The van der Waals surface area contributed by atoms with E-state index in [1.165, 1.54) is 12.1 Å². The highest BCUT2D eigenvalue weighted by atomic mass is 16.3. The van der Waals surface area contributed by atoms with Gasteiger partial charge in [0.15, 0.2) is 0 Å². The molecule has 0 spiro atoms. The Morgan fingerprint density at radius 3 is 2.29 bits per heavy atom. The van der Waals surface area contributed by atoms with Crippen LogP contribution >= 0.6 is 0 Å². The predicted octanol–water partition coefficient (Wildman–Crippen LogP) is 0.811. The van der Waals surface area contributed by atoms with Gasteiger partial charge in [0.2, 0.25) is 0 Å². The highest BCUT2D eigenvalue weighted by Crippen LogP contribution is 2.20. The van der Waals surface area contributed by atoms with Crippen molar-refractivity contribution in [1.82, 2.24) is 5.32 Å². The number of carbonyl (C=O) groups excluding carboxylic acids is 1. The molecule has 0 aliphatic carbocycles. The second kappa shape index (κ2) is 5.54. The summed E-state index contributed by atoms with van der Waals surface area (Å²) in [7, 11) is 0. The van der Waals surface area contributed by atoms with Crippen LogP contribution in [-0.2, 0) is 0 Å². The third-order valence-corrected chi connectivity index (χ3v) is 2.52. The van der Waals surface area contributed by atoms with Gasteiger partial charge >= 0.3 is 0 Å². The molecule has 0 saturated heterocycles. The molecule has 94 valence electrons. The van der Waals surface area contributed by atoms with E-state index >= 15 is 0 Å². The van der Waals surface area contributed by atoms with Crippen LogP contribution in [0.2, 0.25) is 0 Å². The highest BCUT2D eigenvalue weighted by molar-refractivity contribution is 5.95. The molecule has 1 aromatic carbocycles. The van der Waals surface area contributed by atoms with E-state index in [0.717, 1.165) is 6.07 Å². The molecule has 0 aromatic heterocycles. The van der Waals surface area contributed by atoms with Crippen LogP contribution < -0.4 is 11.1 Å². The number of benzene rings is 1. The first-order valence-corrected chi connectivity index (χ1v) is 5.47. The lowest BCUT2D eigenvalue weighted by Gasteiger charge is -2.16. The van der Waals surface area contributed by atoms with Crippen LogP contribution in [0.1, 0.15) is 24.2 Å². The molecule has 0 heterocycles. The quantitative estimate of drug-likeness (QED) is 0.624. The Hall–Kier alpha value is -1.75. The van der Waals surface area contributed by atoms with Gasteiger partial charge in [-0.25, -0.2) is 0 Å². The maximum atomic E-state index is 11.7. The number of hydrogen-bond donors (Lipinski definition) is 4. The average molecular weight is 238 g/mol. The molecule has 1 unspecified atom stereocenters. The number of rotatable bonds is 4. The Bertz CT molecular complexity index is 384. The number of aromatic hydroxyl groups is 2. The van der Waals surface area contributed by atoms with E-state index in [0.29, 0.717) is 6.54 Å². The minimum absolute atomic E-state index is 0.121. The largest absolute Gasteiger partial charge is 0.508 e. The summed E-state index contributed by atoms with van der Waals surface area (Å²) in [5.41, 5.74) is 6.00. The van der Waals surface area contributed by atoms with Crippen LogP contribution in [0.4, 0.5) is 0 Å². The van der Waals surface area contributed by atoms with Crippen molar-refractivity contribution in [3.05, 3.63) is 23.8 Å². The second-order valence-electron chi connectivity index (χ2n) is 4.36. The van der Waals surface area contributed by atoms with Crippen molar-refractivity contribution in [1.29, 1.82) is 0 Å². The van der Waals surface area contributed by atoms with Crippen LogP contribution in [0.25, 0.3) is 0 Å². The van der Waals surface area contributed by atoms with Crippen molar-refractivity contribution in [3.63, 3.8) is 0 Å². The van der Waals surface area contributed by atoms with Crippen molar-refractivity contribution in [2.24, 2.45) is 11.7 Å². The zero-order valence-electron chi connectivity index (χ0n) is 9.97. The number of phenolic OH excluding ortho intramolecular Hbond substituents is 2. The van der Waals surface area contributed by atoms with E-state index in [1.807, 2.05) is 13.8 Å². The second-order valence-corrected chi connectivity index (χ2v) is 4.36. The molecule has 1 rings (SSSR count). The van der Waals surface area contributed by atoms with Crippen molar-refractivity contribution in [2.45, 2.75) is 19.9 Å². The van der Waals surface area contributed by atoms with E-state index in [2.05, 4.69) is 5.32 Å². The summed E-state index contributed by atoms with van der Waals surface area (Å²) in [5, 5.41) is 21.1. The summed E-state index contributed by atoms with van der Waals surface area (Å²) in [6.45, 7) is 4.29.